The van der Waals surface area contributed by atoms with Gasteiger partial charge in [-0.2, -0.15) is 0 Å². The van der Waals surface area contributed by atoms with Crippen LogP contribution in [-0.2, 0) is 22.4 Å². The number of nitrogens with one attached hydrogen (secondary N) is 1. The average molecular weight is 431 g/mol. The molecule has 0 fully saturated rings. The third kappa shape index (κ3) is 6.61. The van der Waals surface area contributed by atoms with Crippen molar-refractivity contribution in [2.75, 3.05) is 11.1 Å². The lowest BCUT2D eigenvalue weighted by molar-refractivity contribution is -0.116. The summed E-state index contributed by atoms with van der Waals surface area (Å²) in [5, 5.41) is 3.49. The van der Waals surface area contributed by atoms with Crippen LogP contribution in [-0.4, -0.2) is 15.9 Å². The number of benzene rings is 1. The molecule has 154 valence electrons. The second-order valence-corrected chi connectivity index (χ2v) is 10.1. The number of amides is 1. The van der Waals surface area contributed by atoms with Crippen molar-refractivity contribution in [3.8, 4) is 0 Å². The highest BCUT2D eigenvalue weighted by Gasteiger charge is 2.19. The van der Waals surface area contributed by atoms with Crippen LogP contribution < -0.4 is 11.1 Å². The molecule has 0 aliphatic heterocycles. The van der Waals surface area contributed by atoms with Gasteiger partial charge in [-0.1, -0.05) is 44.2 Å². The molecule has 0 saturated carbocycles. The van der Waals surface area contributed by atoms with Gasteiger partial charge in [0.2, 0.25) is 11.8 Å². The number of carbonyl (C=O) groups is 1. The number of hydrogen-bond donors (Lipinski definition) is 2. The molecule has 0 bridgehead atoms. The molecule has 2 heterocycles. The topological polar surface area (TPSA) is 94.0 Å². The molecule has 3 aromatic rings. The first kappa shape index (κ1) is 21.4. The van der Waals surface area contributed by atoms with Gasteiger partial charge in [-0.05, 0) is 30.5 Å². The summed E-state index contributed by atoms with van der Waals surface area (Å²) in [7, 11) is 0. The average Bonchev–Trinajstić information content (AvgIpc) is 3.31. The van der Waals surface area contributed by atoms with E-state index in [0.29, 0.717) is 23.2 Å². The first-order valence-corrected chi connectivity index (χ1v) is 11.3. The van der Waals surface area contributed by atoms with E-state index in [1.54, 1.807) is 24.2 Å². The van der Waals surface area contributed by atoms with Crippen molar-refractivity contribution < 1.29 is 9.21 Å². The van der Waals surface area contributed by atoms with Gasteiger partial charge in [-0.25, -0.2) is 9.97 Å². The zero-order valence-corrected chi connectivity index (χ0v) is 18.5. The minimum absolute atomic E-state index is 0.0196. The summed E-state index contributed by atoms with van der Waals surface area (Å²) < 4.78 is 6.82. The van der Waals surface area contributed by atoms with Crippen LogP contribution in [0.25, 0.3) is 0 Å². The predicted octanol–water partition coefficient (Wildman–Crippen LogP) is 5.26. The first-order chi connectivity index (χ1) is 13.8. The number of oxazole rings is 1. The first-order valence-electron chi connectivity index (χ1n) is 9.48. The second kappa shape index (κ2) is 9.45. The molecule has 0 aliphatic carbocycles. The van der Waals surface area contributed by atoms with Crippen LogP contribution in [0.15, 0.2) is 45.3 Å². The molecule has 1 aromatic carbocycles. The fourth-order valence-corrected chi connectivity index (χ4v) is 4.30. The molecule has 0 unspecified atom stereocenters. The van der Waals surface area contributed by atoms with Crippen molar-refractivity contribution in [1.29, 1.82) is 0 Å². The Morgan fingerprint density at radius 2 is 1.97 bits per heavy atom. The Kier molecular flexibility index (Phi) is 6.97. The van der Waals surface area contributed by atoms with Gasteiger partial charge in [0.15, 0.2) is 5.13 Å². The summed E-state index contributed by atoms with van der Waals surface area (Å²) in [5.41, 5.74) is 7.57. The molecule has 8 heteroatoms. The highest BCUT2D eigenvalue weighted by Crippen LogP contribution is 2.31. The van der Waals surface area contributed by atoms with E-state index >= 15 is 0 Å². The van der Waals surface area contributed by atoms with E-state index in [4.69, 9.17) is 10.2 Å². The maximum atomic E-state index is 12.1. The van der Waals surface area contributed by atoms with E-state index in [2.05, 4.69) is 36.1 Å². The second-order valence-electron chi connectivity index (χ2n) is 7.78. The third-order valence-electron chi connectivity index (χ3n) is 4.21. The Morgan fingerprint density at radius 3 is 2.66 bits per heavy atom. The van der Waals surface area contributed by atoms with Crippen molar-refractivity contribution in [2.45, 2.75) is 55.4 Å². The Morgan fingerprint density at radius 1 is 1.21 bits per heavy atom. The zero-order valence-electron chi connectivity index (χ0n) is 16.9. The highest BCUT2D eigenvalue weighted by atomic mass is 32.2. The minimum atomic E-state index is -0.0499. The number of anilines is 2. The van der Waals surface area contributed by atoms with Gasteiger partial charge in [0.05, 0.1) is 22.4 Å². The Bertz CT molecular complexity index is 942. The number of nitrogens with two attached hydrogens (primary N) is 1. The van der Waals surface area contributed by atoms with E-state index < -0.39 is 0 Å². The molecule has 0 atom stereocenters. The van der Waals surface area contributed by atoms with Crippen LogP contribution in [0.5, 0.6) is 0 Å². The van der Waals surface area contributed by atoms with E-state index in [0.717, 1.165) is 28.5 Å². The summed E-state index contributed by atoms with van der Waals surface area (Å²) in [4.78, 5) is 20.8. The molecule has 3 N–H and O–H groups in total. The summed E-state index contributed by atoms with van der Waals surface area (Å²) >= 11 is 3.06. The van der Waals surface area contributed by atoms with E-state index in [1.165, 1.54) is 16.9 Å². The van der Waals surface area contributed by atoms with Gasteiger partial charge < -0.3 is 15.5 Å². The lowest BCUT2D eigenvalue weighted by Crippen LogP contribution is -2.11. The molecule has 3 rings (SSSR count). The van der Waals surface area contributed by atoms with Gasteiger partial charge in [0.25, 0.3) is 0 Å². The van der Waals surface area contributed by atoms with Gasteiger partial charge in [0, 0.05) is 17.5 Å². The smallest absolute Gasteiger partial charge is 0.226 e. The van der Waals surface area contributed by atoms with Crippen LogP contribution in [0.3, 0.4) is 0 Å². The Hall–Kier alpha value is -2.32. The molecule has 29 heavy (non-hydrogen) atoms. The summed E-state index contributed by atoms with van der Waals surface area (Å²) in [6.45, 7) is 6.29. The van der Waals surface area contributed by atoms with Crippen LogP contribution in [0.2, 0.25) is 0 Å². The number of carbonyl (C=O) groups excluding carboxylic acids is 1. The molecular weight excluding hydrogens is 404 g/mol. The number of thiazole rings is 1. The molecular formula is C21H26N4O2S2. The lowest BCUT2D eigenvalue weighted by Gasteiger charge is -2.12. The Balaban J connectivity index is 1.41. The molecule has 1 amide bonds. The van der Waals surface area contributed by atoms with Crippen molar-refractivity contribution in [2.24, 2.45) is 0 Å². The normalized spacial score (nSPS) is 11.6. The van der Waals surface area contributed by atoms with Crippen LogP contribution in [0.1, 0.15) is 50.8 Å². The maximum Gasteiger partial charge on any atom is 0.226 e. The third-order valence-corrected chi connectivity index (χ3v) is 6.30. The van der Waals surface area contributed by atoms with Gasteiger partial charge >= 0.3 is 0 Å². The highest BCUT2D eigenvalue weighted by molar-refractivity contribution is 8.00. The fraction of sp³-hybridized carbons (Fsp3) is 0.381. The summed E-state index contributed by atoms with van der Waals surface area (Å²) in [6, 6.07) is 7.75. The van der Waals surface area contributed by atoms with Crippen LogP contribution in [0.4, 0.5) is 10.8 Å². The van der Waals surface area contributed by atoms with Crippen molar-refractivity contribution in [3.63, 3.8) is 0 Å². The minimum Gasteiger partial charge on any atom is -0.444 e. The van der Waals surface area contributed by atoms with Crippen molar-refractivity contribution in [3.05, 3.63) is 53.9 Å². The molecule has 2 aromatic heterocycles. The standard InChI is InChI=1S/C21H26N4O2S2/c1-21(2,3)16-11-23-18(27-16)13-28-19-12-24-20(29-19)25-17(26)6-4-5-14-7-9-15(22)10-8-14/h7-12H,4-6,13,22H2,1-3H3,(H,24,25,26). The van der Waals surface area contributed by atoms with Crippen LogP contribution >= 0.6 is 23.1 Å². The summed E-state index contributed by atoms with van der Waals surface area (Å²) in [6.07, 6.45) is 5.65. The number of aromatic nitrogens is 2. The zero-order chi connectivity index (χ0) is 20.9. The summed E-state index contributed by atoms with van der Waals surface area (Å²) in [5.74, 6) is 2.19. The molecule has 0 aliphatic rings. The lowest BCUT2D eigenvalue weighted by atomic mass is 9.94. The molecule has 6 nitrogen and oxygen atoms in total. The van der Waals surface area contributed by atoms with Gasteiger partial charge in [-0.15, -0.1) is 11.8 Å². The van der Waals surface area contributed by atoms with Gasteiger partial charge in [-0.3, -0.25) is 4.79 Å². The van der Waals surface area contributed by atoms with E-state index in [1.807, 2.05) is 24.3 Å². The fourth-order valence-electron chi connectivity index (χ4n) is 2.56. The predicted molar refractivity (Wildman–Crippen MR) is 119 cm³/mol. The quantitative estimate of drug-likeness (QED) is 0.374. The van der Waals surface area contributed by atoms with Crippen molar-refractivity contribution >= 4 is 39.8 Å². The monoisotopic (exact) mass is 430 g/mol. The maximum absolute atomic E-state index is 12.1. The number of thioether (sulfide) groups is 1. The number of rotatable bonds is 8. The SMILES string of the molecule is CC(C)(C)c1cnc(CSc2cnc(NC(=O)CCCc3ccc(N)cc3)s2)o1. The number of aryl methyl sites for hydroxylation is 1. The molecule has 0 saturated heterocycles. The van der Waals surface area contributed by atoms with Crippen LogP contribution in [0, 0.1) is 0 Å². The van der Waals surface area contributed by atoms with E-state index in [-0.39, 0.29) is 11.3 Å². The number of hydrogen-bond acceptors (Lipinski definition) is 7. The van der Waals surface area contributed by atoms with Gasteiger partial charge in [0.1, 0.15) is 5.76 Å². The number of nitrogens with zero attached hydrogens (tertiary/aromatic N) is 2. The largest absolute Gasteiger partial charge is 0.444 e. The Labute approximate surface area is 179 Å². The van der Waals surface area contributed by atoms with E-state index in [9.17, 15) is 4.79 Å². The molecule has 0 radical (unpaired) electrons. The van der Waals surface area contributed by atoms with Crippen molar-refractivity contribution in [1.82, 2.24) is 9.97 Å². The number of nitrogen functional groups attached to an aromatic ring is 1. The molecule has 0 spiro atoms.